The van der Waals surface area contributed by atoms with Crippen LogP contribution in [0.3, 0.4) is 0 Å². The third-order valence-corrected chi connectivity index (χ3v) is 6.94. The second-order valence-corrected chi connectivity index (χ2v) is 9.27. The van der Waals surface area contributed by atoms with Crippen molar-refractivity contribution in [2.24, 2.45) is 0 Å². The lowest BCUT2D eigenvalue weighted by molar-refractivity contribution is 0.211. The molecule has 4 rings (SSSR count). The molecule has 1 aliphatic rings. The van der Waals surface area contributed by atoms with Gasteiger partial charge in [0.25, 0.3) is 0 Å². The fourth-order valence-electron chi connectivity index (χ4n) is 4.40. The van der Waals surface area contributed by atoms with Crippen LogP contribution in [0.25, 0.3) is 11.3 Å². The number of nitrogens with zero attached hydrogens (tertiary/aromatic N) is 2. The number of thioether (sulfide) groups is 1. The Morgan fingerprint density at radius 2 is 1.71 bits per heavy atom. The summed E-state index contributed by atoms with van der Waals surface area (Å²) < 4.78 is 16.5. The molecule has 2 aromatic carbocycles. The lowest BCUT2D eigenvalue weighted by Crippen LogP contribution is -2.38. The highest BCUT2D eigenvalue weighted by Crippen LogP contribution is 2.40. The number of benzene rings is 2. The van der Waals surface area contributed by atoms with Gasteiger partial charge in [0.2, 0.25) is 5.75 Å². The fourth-order valence-corrected chi connectivity index (χ4v) is 4.86. The summed E-state index contributed by atoms with van der Waals surface area (Å²) in [5, 5.41) is 3.72. The third-order valence-electron chi connectivity index (χ3n) is 6.22. The number of likely N-dealkylation sites (tertiary alicyclic amines) is 1. The van der Waals surface area contributed by atoms with E-state index in [9.17, 15) is 0 Å². The predicted octanol–water partition coefficient (Wildman–Crippen LogP) is 5.57. The highest BCUT2D eigenvalue weighted by molar-refractivity contribution is 7.98. The zero-order chi connectivity index (χ0) is 23.9. The lowest BCUT2D eigenvalue weighted by atomic mass is 10.0. The Hall–Kier alpha value is -2.90. The second kappa shape index (κ2) is 11.5. The normalized spacial score (nSPS) is 14.6. The third kappa shape index (κ3) is 5.77. The zero-order valence-electron chi connectivity index (χ0n) is 20.3. The van der Waals surface area contributed by atoms with Crippen LogP contribution in [-0.2, 0) is 6.54 Å². The van der Waals surface area contributed by atoms with Gasteiger partial charge in [-0.3, -0.25) is 9.88 Å². The van der Waals surface area contributed by atoms with Crippen molar-refractivity contribution in [3.8, 4) is 28.5 Å². The molecule has 1 saturated heterocycles. The van der Waals surface area contributed by atoms with E-state index < -0.39 is 0 Å². The van der Waals surface area contributed by atoms with Crippen molar-refractivity contribution in [3.63, 3.8) is 0 Å². The van der Waals surface area contributed by atoms with Crippen LogP contribution in [0.2, 0.25) is 0 Å². The molecule has 6 nitrogen and oxygen atoms in total. The van der Waals surface area contributed by atoms with Crippen molar-refractivity contribution < 1.29 is 14.2 Å². The molecule has 0 radical (unpaired) electrons. The maximum atomic E-state index is 5.51. The SMILES string of the molecule is COc1cc(-c2cc(CN3CCC(Nc4cccc(SC)c4)CC3)ccn2)cc(OC)c1OC. The number of hydrogen-bond donors (Lipinski definition) is 1. The second-order valence-electron chi connectivity index (χ2n) is 8.39. The summed E-state index contributed by atoms with van der Waals surface area (Å²) in [5.74, 6) is 1.84. The number of piperidine rings is 1. The van der Waals surface area contributed by atoms with E-state index in [0.29, 0.717) is 23.3 Å². The Morgan fingerprint density at radius 3 is 2.35 bits per heavy atom. The lowest BCUT2D eigenvalue weighted by Gasteiger charge is -2.33. The van der Waals surface area contributed by atoms with Crippen molar-refractivity contribution in [1.82, 2.24) is 9.88 Å². The van der Waals surface area contributed by atoms with Gasteiger partial charge in [0.15, 0.2) is 11.5 Å². The summed E-state index contributed by atoms with van der Waals surface area (Å²) in [7, 11) is 4.87. The van der Waals surface area contributed by atoms with Crippen LogP contribution in [0.15, 0.2) is 59.6 Å². The van der Waals surface area contributed by atoms with Crippen LogP contribution in [-0.4, -0.2) is 56.6 Å². The van der Waals surface area contributed by atoms with Gasteiger partial charge in [0.1, 0.15) is 0 Å². The minimum atomic E-state index is 0.514. The first kappa shape index (κ1) is 24.2. The van der Waals surface area contributed by atoms with Crippen LogP contribution >= 0.6 is 11.8 Å². The minimum absolute atomic E-state index is 0.514. The molecule has 3 aromatic rings. The van der Waals surface area contributed by atoms with E-state index in [1.807, 2.05) is 18.3 Å². The fraction of sp³-hybridized carbons (Fsp3) is 0.370. The molecule has 1 N–H and O–H groups in total. The predicted molar refractivity (Wildman–Crippen MR) is 139 cm³/mol. The first-order chi connectivity index (χ1) is 16.6. The molecule has 34 heavy (non-hydrogen) atoms. The summed E-state index contributed by atoms with van der Waals surface area (Å²) in [6.07, 6.45) is 6.26. The highest BCUT2D eigenvalue weighted by Gasteiger charge is 2.20. The van der Waals surface area contributed by atoms with Crippen molar-refractivity contribution in [3.05, 3.63) is 60.3 Å². The number of hydrogen-bond acceptors (Lipinski definition) is 7. The van der Waals surface area contributed by atoms with E-state index in [4.69, 9.17) is 14.2 Å². The molecule has 0 atom stereocenters. The summed E-state index contributed by atoms with van der Waals surface area (Å²) in [6, 6.07) is 17.3. The molecule has 0 spiro atoms. The number of pyridine rings is 1. The highest BCUT2D eigenvalue weighted by atomic mass is 32.2. The standard InChI is InChI=1S/C27H33N3O3S/c1-31-25-15-20(16-26(32-2)27(25)33-3)24-14-19(8-11-28-24)18-30-12-9-21(10-13-30)29-22-6-5-7-23(17-22)34-4/h5-8,11,14-17,21,29H,9-10,12-13,18H2,1-4H3. The molecule has 7 heteroatoms. The molecular formula is C27H33N3O3S. The van der Waals surface area contributed by atoms with Gasteiger partial charge in [0.05, 0.1) is 27.0 Å². The molecule has 180 valence electrons. The van der Waals surface area contributed by atoms with Gasteiger partial charge in [-0.2, -0.15) is 0 Å². The maximum absolute atomic E-state index is 5.51. The Balaban J connectivity index is 1.40. The zero-order valence-corrected chi connectivity index (χ0v) is 21.2. The molecule has 0 amide bonds. The molecule has 0 unspecified atom stereocenters. The Kier molecular flexibility index (Phi) is 8.19. The summed E-state index contributed by atoms with van der Waals surface area (Å²) in [5.41, 5.74) is 4.29. The maximum Gasteiger partial charge on any atom is 0.203 e. The summed E-state index contributed by atoms with van der Waals surface area (Å²) >= 11 is 1.78. The van der Waals surface area contributed by atoms with Gasteiger partial charge < -0.3 is 19.5 Å². The average Bonchev–Trinajstić information content (AvgIpc) is 2.89. The number of methoxy groups -OCH3 is 3. The molecule has 0 saturated carbocycles. The molecule has 0 aliphatic carbocycles. The Morgan fingerprint density at radius 1 is 0.971 bits per heavy atom. The van der Waals surface area contributed by atoms with E-state index in [-0.39, 0.29) is 0 Å². The van der Waals surface area contributed by atoms with E-state index in [0.717, 1.165) is 43.7 Å². The van der Waals surface area contributed by atoms with Crippen LogP contribution in [0.4, 0.5) is 5.69 Å². The minimum Gasteiger partial charge on any atom is -0.493 e. The molecule has 1 aromatic heterocycles. The number of anilines is 1. The number of aromatic nitrogens is 1. The molecule has 1 aliphatic heterocycles. The Labute approximate surface area is 206 Å². The number of rotatable bonds is 9. The largest absolute Gasteiger partial charge is 0.493 e. The van der Waals surface area contributed by atoms with Gasteiger partial charge in [-0.15, -0.1) is 11.8 Å². The van der Waals surface area contributed by atoms with Gasteiger partial charge in [-0.05, 0) is 67.1 Å². The van der Waals surface area contributed by atoms with Crippen LogP contribution in [0.1, 0.15) is 18.4 Å². The first-order valence-corrected chi connectivity index (χ1v) is 12.7. The van der Waals surface area contributed by atoms with Crippen molar-refractivity contribution in [2.75, 3.05) is 46.0 Å². The van der Waals surface area contributed by atoms with Crippen molar-refractivity contribution in [2.45, 2.75) is 30.3 Å². The monoisotopic (exact) mass is 479 g/mol. The van der Waals surface area contributed by atoms with Crippen molar-refractivity contribution in [1.29, 1.82) is 0 Å². The summed E-state index contributed by atoms with van der Waals surface area (Å²) in [4.78, 5) is 8.41. The van der Waals surface area contributed by atoms with Crippen LogP contribution in [0.5, 0.6) is 17.2 Å². The van der Waals surface area contributed by atoms with Gasteiger partial charge in [-0.25, -0.2) is 0 Å². The van der Waals surface area contributed by atoms with E-state index >= 15 is 0 Å². The quantitative estimate of drug-likeness (QED) is 0.403. The van der Waals surface area contributed by atoms with Crippen LogP contribution < -0.4 is 19.5 Å². The van der Waals surface area contributed by atoms with E-state index in [1.165, 1.54) is 16.1 Å². The molecule has 0 bridgehead atoms. The Bertz CT molecular complexity index is 1070. The summed E-state index contributed by atoms with van der Waals surface area (Å²) in [6.45, 7) is 3.05. The van der Waals surface area contributed by atoms with Crippen LogP contribution in [0, 0.1) is 0 Å². The molecular weight excluding hydrogens is 446 g/mol. The number of ether oxygens (including phenoxy) is 3. The number of nitrogens with one attached hydrogen (secondary N) is 1. The van der Waals surface area contributed by atoms with E-state index in [1.54, 1.807) is 33.1 Å². The topological polar surface area (TPSA) is 55.9 Å². The van der Waals surface area contributed by atoms with Gasteiger partial charge in [0, 0.05) is 48.0 Å². The van der Waals surface area contributed by atoms with Gasteiger partial charge in [-0.1, -0.05) is 6.07 Å². The van der Waals surface area contributed by atoms with Gasteiger partial charge >= 0.3 is 0 Å². The van der Waals surface area contributed by atoms with E-state index in [2.05, 4.69) is 57.9 Å². The first-order valence-electron chi connectivity index (χ1n) is 11.5. The van der Waals surface area contributed by atoms with Crippen molar-refractivity contribution >= 4 is 17.4 Å². The molecule has 2 heterocycles. The average molecular weight is 480 g/mol. The smallest absolute Gasteiger partial charge is 0.203 e. The molecule has 1 fully saturated rings.